The molecule has 2 N–H and O–H groups in total. The Bertz CT molecular complexity index is 358. The second-order valence-corrected chi connectivity index (χ2v) is 6.64. The molecule has 3 aliphatic rings. The molecule has 2 aliphatic heterocycles. The van der Waals surface area contributed by atoms with Crippen molar-refractivity contribution in [3.63, 3.8) is 0 Å². The van der Waals surface area contributed by atoms with Gasteiger partial charge in [-0.2, -0.15) is 0 Å². The van der Waals surface area contributed by atoms with Crippen LogP contribution < -0.4 is 5.73 Å². The first kappa shape index (κ1) is 14.3. The highest BCUT2D eigenvalue weighted by molar-refractivity contribution is 5.23. The quantitative estimate of drug-likeness (QED) is 0.856. The van der Waals surface area contributed by atoms with Gasteiger partial charge in [-0.25, -0.2) is 0 Å². The molecule has 0 atom stereocenters. The Morgan fingerprint density at radius 1 is 1.00 bits per heavy atom. The maximum absolute atomic E-state index is 6.01. The number of nitrogens with zero attached hydrogens (tertiary/aromatic N) is 2. The number of likely N-dealkylation sites (tertiary alicyclic amines) is 2. The predicted octanol–water partition coefficient (Wildman–Crippen LogP) is 2.15. The fourth-order valence-corrected chi connectivity index (χ4v) is 3.77. The molecule has 0 aromatic rings. The first-order valence-corrected chi connectivity index (χ1v) is 8.39. The summed E-state index contributed by atoms with van der Waals surface area (Å²) in [5.41, 5.74) is 7.53. The van der Waals surface area contributed by atoms with Crippen molar-refractivity contribution in [3.8, 4) is 0 Å². The van der Waals surface area contributed by atoms with Gasteiger partial charge in [0, 0.05) is 18.6 Å². The van der Waals surface area contributed by atoms with Gasteiger partial charge in [0.1, 0.15) is 0 Å². The molecule has 0 amide bonds. The van der Waals surface area contributed by atoms with Crippen molar-refractivity contribution < 1.29 is 0 Å². The molecule has 20 heavy (non-hydrogen) atoms. The zero-order valence-electron chi connectivity index (χ0n) is 12.6. The van der Waals surface area contributed by atoms with E-state index in [0.717, 1.165) is 12.6 Å². The molecule has 0 aromatic carbocycles. The number of nitrogens with two attached hydrogens (primary N) is 1. The molecule has 2 saturated heterocycles. The summed E-state index contributed by atoms with van der Waals surface area (Å²) in [7, 11) is 0. The van der Waals surface area contributed by atoms with Crippen LogP contribution in [0.1, 0.15) is 38.5 Å². The Morgan fingerprint density at radius 2 is 1.75 bits per heavy atom. The van der Waals surface area contributed by atoms with E-state index in [4.69, 9.17) is 5.73 Å². The van der Waals surface area contributed by atoms with E-state index in [-0.39, 0.29) is 0 Å². The van der Waals surface area contributed by atoms with Crippen LogP contribution in [-0.4, -0.2) is 54.6 Å². The summed E-state index contributed by atoms with van der Waals surface area (Å²) in [5.74, 6) is 0. The minimum atomic E-state index is 0.455. The average Bonchev–Trinajstić information content (AvgIpc) is 2.50. The SMILES string of the molecule is NC1CCN(C2CCN(CC3=CCCC=C3)CC2)CC1. The van der Waals surface area contributed by atoms with E-state index < -0.39 is 0 Å². The van der Waals surface area contributed by atoms with Crippen molar-refractivity contribution in [1.29, 1.82) is 0 Å². The lowest BCUT2D eigenvalue weighted by Gasteiger charge is -2.41. The van der Waals surface area contributed by atoms with Crippen molar-refractivity contribution in [1.82, 2.24) is 9.80 Å². The minimum absolute atomic E-state index is 0.455. The molecule has 3 nitrogen and oxygen atoms in total. The lowest BCUT2D eigenvalue weighted by molar-refractivity contribution is 0.0917. The van der Waals surface area contributed by atoms with Gasteiger partial charge in [-0.15, -0.1) is 0 Å². The van der Waals surface area contributed by atoms with E-state index in [1.54, 1.807) is 0 Å². The highest BCUT2D eigenvalue weighted by Gasteiger charge is 2.27. The first-order valence-electron chi connectivity index (χ1n) is 8.39. The summed E-state index contributed by atoms with van der Waals surface area (Å²) in [6, 6.07) is 1.27. The average molecular weight is 275 g/mol. The smallest absolute Gasteiger partial charge is 0.0230 e. The number of allylic oxidation sites excluding steroid dienone is 2. The predicted molar refractivity (Wildman–Crippen MR) is 84.7 cm³/mol. The second-order valence-electron chi connectivity index (χ2n) is 6.64. The van der Waals surface area contributed by atoms with Gasteiger partial charge < -0.3 is 10.6 Å². The van der Waals surface area contributed by atoms with E-state index in [1.165, 1.54) is 70.3 Å². The molecule has 0 bridgehead atoms. The first-order chi connectivity index (χ1) is 9.81. The van der Waals surface area contributed by atoms with Gasteiger partial charge >= 0.3 is 0 Å². The van der Waals surface area contributed by atoms with Crippen LogP contribution >= 0.6 is 0 Å². The number of rotatable bonds is 3. The molecule has 3 rings (SSSR count). The van der Waals surface area contributed by atoms with Crippen LogP contribution in [0, 0.1) is 0 Å². The Kier molecular flexibility index (Phi) is 4.92. The van der Waals surface area contributed by atoms with E-state index in [1.807, 2.05) is 0 Å². The van der Waals surface area contributed by atoms with Crippen LogP contribution in [0.4, 0.5) is 0 Å². The van der Waals surface area contributed by atoms with Crippen molar-refractivity contribution in [2.24, 2.45) is 5.73 Å². The minimum Gasteiger partial charge on any atom is -0.328 e. The lowest BCUT2D eigenvalue weighted by Crippen LogP contribution is -2.49. The van der Waals surface area contributed by atoms with Crippen molar-refractivity contribution in [3.05, 3.63) is 23.8 Å². The van der Waals surface area contributed by atoms with Gasteiger partial charge in [0.05, 0.1) is 0 Å². The maximum Gasteiger partial charge on any atom is 0.0230 e. The van der Waals surface area contributed by atoms with Gasteiger partial charge in [0.15, 0.2) is 0 Å². The van der Waals surface area contributed by atoms with E-state index in [0.29, 0.717) is 6.04 Å². The highest BCUT2D eigenvalue weighted by Crippen LogP contribution is 2.21. The van der Waals surface area contributed by atoms with Crippen LogP contribution in [0.25, 0.3) is 0 Å². The van der Waals surface area contributed by atoms with Gasteiger partial charge in [-0.05, 0) is 70.3 Å². The third-order valence-electron chi connectivity index (χ3n) is 5.13. The van der Waals surface area contributed by atoms with E-state index in [9.17, 15) is 0 Å². The van der Waals surface area contributed by atoms with Crippen LogP contribution in [0.5, 0.6) is 0 Å². The summed E-state index contributed by atoms with van der Waals surface area (Å²) in [6.45, 7) is 6.13. The molecule has 0 saturated carbocycles. The fourth-order valence-electron chi connectivity index (χ4n) is 3.77. The van der Waals surface area contributed by atoms with Crippen molar-refractivity contribution in [2.45, 2.75) is 50.6 Å². The molecule has 0 aromatic heterocycles. The van der Waals surface area contributed by atoms with Gasteiger partial charge in [0.2, 0.25) is 0 Å². The Hall–Kier alpha value is -0.640. The molecule has 0 spiro atoms. The fraction of sp³-hybridized carbons (Fsp3) is 0.765. The van der Waals surface area contributed by atoms with Crippen molar-refractivity contribution in [2.75, 3.05) is 32.7 Å². The summed E-state index contributed by atoms with van der Waals surface area (Å²) in [4.78, 5) is 5.33. The topological polar surface area (TPSA) is 32.5 Å². The van der Waals surface area contributed by atoms with Crippen LogP contribution in [0.15, 0.2) is 23.8 Å². The van der Waals surface area contributed by atoms with Gasteiger partial charge in [-0.3, -0.25) is 4.90 Å². The van der Waals surface area contributed by atoms with E-state index in [2.05, 4.69) is 28.0 Å². The Labute approximate surface area is 123 Å². The highest BCUT2D eigenvalue weighted by atomic mass is 15.2. The largest absolute Gasteiger partial charge is 0.328 e. The van der Waals surface area contributed by atoms with Crippen LogP contribution in [-0.2, 0) is 0 Å². The number of hydrogen-bond acceptors (Lipinski definition) is 3. The molecule has 0 unspecified atom stereocenters. The zero-order valence-corrected chi connectivity index (χ0v) is 12.6. The zero-order chi connectivity index (χ0) is 13.8. The molecule has 3 heteroatoms. The molecular weight excluding hydrogens is 246 g/mol. The molecule has 2 heterocycles. The maximum atomic E-state index is 6.01. The number of hydrogen-bond donors (Lipinski definition) is 1. The normalized spacial score (nSPS) is 27.8. The van der Waals surface area contributed by atoms with Gasteiger partial charge in [0.25, 0.3) is 0 Å². The van der Waals surface area contributed by atoms with E-state index >= 15 is 0 Å². The number of piperidine rings is 2. The van der Waals surface area contributed by atoms with Gasteiger partial charge in [-0.1, -0.05) is 18.2 Å². The monoisotopic (exact) mass is 275 g/mol. The molecule has 1 aliphatic carbocycles. The molecule has 112 valence electrons. The van der Waals surface area contributed by atoms with Crippen molar-refractivity contribution >= 4 is 0 Å². The third-order valence-corrected chi connectivity index (χ3v) is 5.13. The Balaban J connectivity index is 1.42. The summed E-state index contributed by atoms with van der Waals surface area (Å²) in [5, 5.41) is 0. The summed E-state index contributed by atoms with van der Waals surface area (Å²) >= 11 is 0. The standard InChI is InChI=1S/C17H29N3/c18-16-6-12-20(13-7-16)17-8-10-19(11-9-17)14-15-4-2-1-3-5-15/h2,4-5,16-17H,1,3,6-14,18H2. The Morgan fingerprint density at radius 3 is 2.40 bits per heavy atom. The molecule has 2 fully saturated rings. The molecular formula is C17H29N3. The second kappa shape index (κ2) is 6.88. The van der Waals surface area contributed by atoms with Crippen LogP contribution in [0.2, 0.25) is 0 Å². The summed E-state index contributed by atoms with van der Waals surface area (Å²) in [6.07, 6.45) is 14.6. The van der Waals surface area contributed by atoms with Crippen LogP contribution in [0.3, 0.4) is 0 Å². The molecule has 0 radical (unpaired) electrons. The summed E-state index contributed by atoms with van der Waals surface area (Å²) < 4.78 is 0. The lowest BCUT2D eigenvalue weighted by atomic mass is 9.97. The third kappa shape index (κ3) is 3.72.